The molecule has 0 radical (unpaired) electrons. The van der Waals surface area contributed by atoms with Gasteiger partial charge in [0, 0.05) is 6.42 Å². The van der Waals surface area contributed by atoms with Gasteiger partial charge in [-0.25, -0.2) is 0 Å². The van der Waals surface area contributed by atoms with Crippen LogP contribution < -0.4 is 0 Å². The zero-order valence-corrected chi connectivity index (χ0v) is 9.19. The van der Waals surface area contributed by atoms with Crippen molar-refractivity contribution in [2.24, 2.45) is 10.8 Å². The summed E-state index contributed by atoms with van der Waals surface area (Å²) in [5.41, 5.74) is 0.600. The molecule has 0 aliphatic heterocycles. The molecular weight excluding hydrogens is 158 g/mol. The summed E-state index contributed by atoms with van der Waals surface area (Å²) in [4.78, 5) is 0. The highest BCUT2D eigenvalue weighted by atomic mass is 14.5. The van der Waals surface area contributed by atoms with Gasteiger partial charge in [0.25, 0.3) is 0 Å². The predicted molar refractivity (Wildman–Crippen MR) is 55.2 cm³/mol. The molecule has 0 atom stereocenters. The normalized spacial score (nSPS) is 22.3. The van der Waals surface area contributed by atoms with E-state index >= 15 is 0 Å². The highest BCUT2D eigenvalue weighted by Gasteiger charge is 2.42. The lowest BCUT2D eigenvalue weighted by atomic mass is 9.58. The van der Waals surface area contributed by atoms with Crippen LogP contribution in [0.5, 0.6) is 0 Å². The molecule has 1 aliphatic rings. The summed E-state index contributed by atoms with van der Waals surface area (Å²) in [7, 11) is 0. The Hall–Kier alpha value is -0.510. The fourth-order valence-corrected chi connectivity index (χ4v) is 2.57. The van der Waals surface area contributed by atoms with Crippen LogP contribution in [0.1, 0.15) is 59.3 Å². The molecule has 1 aliphatic carbocycles. The molecule has 0 aromatic carbocycles. The van der Waals surface area contributed by atoms with Crippen molar-refractivity contribution in [3.05, 3.63) is 0 Å². The summed E-state index contributed by atoms with van der Waals surface area (Å²) < 4.78 is 0. The first-order chi connectivity index (χ1) is 6.02. The van der Waals surface area contributed by atoms with E-state index in [1.807, 2.05) is 0 Å². The van der Waals surface area contributed by atoms with Crippen molar-refractivity contribution in [2.75, 3.05) is 0 Å². The van der Waals surface area contributed by atoms with Gasteiger partial charge >= 0.3 is 0 Å². The Bertz CT molecular complexity index is 198. The van der Waals surface area contributed by atoms with Crippen LogP contribution in [0.15, 0.2) is 0 Å². The SMILES string of the molecule is CC(C)(C)C1(CC#N)CCCCC1. The Labute approximate surface area is 82.1 Å². The zero-order chi connectivity index (χ0) is 9.95. The van der Waals surface area contributed by atoms with Crippen LogP contribution in [0.3, 0.4) is 0 Å². The van der Waals surface area contributed by atoms with E-state index in [1.54, 1.807) is 0 Å². The molecule has 1 fully saturated rings. The highest BCUT2D eigenvalue weighted by Crippen LogP contribution is 2.51. The third-order valence-corrected chi connectivity index (χ3v) is 3.82. The zero-order valence-electron chi connectivity index (χ0n) is 9.19. The van der Waals surface area contributed by atoms with Crippen molar-refractivity contribution in [2.45, 2.75) is 59.3 Å². The second-order valence-electron chi connectivity index (χ2n) is 5.43. The number of hydrogen-bond acceptors (Lipinski definition) is 1. The molecule has 1 rings (SSSR count). The second-order valence-corrected chi connectivity index (χ2v) is 5.43. The van der Waals surface area contributed by atoms with Crippen LogP contribution in [0, 0.1) is 22.2 Å². The van der Waals surface area contributed by atoms with Gasteiger partial charge in [-0.1, -0.05) is 40.0 Å². The monoisotopic (exact) mass is 179 g/mol. The Morgan fingerprint density at radius 2 is 1.69 bits per heavy atom. The van der Waals surface area contributed by atoms with Crippen LogP contribution in [0.2, 0.25) is 0 Å². The van der Waals surface area contributed by atoms with Gasteiger partial charge < -0.3 is 0 Å². The van der Waals surface area contributed by atoms with Crippen LogP contribution in [0.4, 0.5) is 0 Å². The summed E-state index contributed by atoms with van der Waals surface area (Å²) in [6, 6.07) is 2.38. The third kappa shape index (κ3) is 2.05. The van der Waals surface area contributed by atoms with Gasteiger partial charge in [-0.2, -0.15) is 5.26 Å². The molecule has 0 amide bonds. The summed E-state index contributed by atoms with van der Waals surface area (Å²) in [6.45, 7) is 6.86. The highest BCUT2D eigenvalue weighted by molar-refractivity contribution is 4.97. The van der Waals surface area contributed by atoms with Gasteiger partial charge in [-0.3, -0.25) is 0 Å². The third-order valence-electron chi connectivity index (χ3n) is 3.82. The Kier molecular flexibility index (Phi) is 3.01. The minimum atomic E-state index is 0.295. The average Bonchev–Trinajstić information content (AvgIpc) is 2.04. The number of rotatable bonds is 1. The van der Waals surface area contributed by atoms with E-state index in [1.165, 1.54) is 32.1 Å². The quantitative estimate of drug-likeness (QED) is 0.599. The molecule has 13 heavy (non-hydrogen) atoms. The average molecular weight is 179 g/mol. The Morgan fingerprint density at radius 3 is 2.08 bits per heavy atom. The van der Waals surface area contributed by atoms with Crippen molar-refractivity contribution in [1.82, 2.24) is 0 Å². The maximum atomic E-state index is 8.90. The summed E-state index contributed by atoms with van der Waals surface area (Å²) in [5.74, 6) is 0. The lowest BCUT2D eigenvalue weighted by Crippen LogP contribution is -2.37. The fourth-order valence-electron chi connectivity index (χ4n) is 2.57. The number of nitriles is 1. The largest absolute Gasteiger partial charge is 0.198 e. The predicted octanol–water partition coefficient (Wildman–Crippen LogP) is 3.90. The molecule has 0 aromatic heterocycles. The second kappa shape index (κ2) is 3.70. The molecule has 74 valence electrons. The molecule has 1 nitrogen and oxygen atoms in total. The van der Waals surface area contributed by atoms with Gasteiger partial charge in [0.05, 0.1) is 6.07 Å². The Balaban J connectivity index is 2.80. The van der Waals surface area contributed by atoms with E-state index in [0.717, 1.165) is 6.42 Å². The first kappa shape index (κ1) is 10.6. The summed E-state index contributed by atoms with van der Waals surface area (Å²) in [5, 5.41) is 8.90. The minimum absolute atomic E-state index is 0.295. The first-order valence-corrected chi connectivity index (χ1v) is 5.39. The standard InChI is InChI=1S/C12H21N/c1-11(2,3)12(9-10-13)7-5-4-6-8-12/h4-9H2,1-3H3. The van der Waals surface area contributed by atoms with E-state index in [0.29, 0.717) is 10.8 Å². The van der Waals surface area contributed by atoms with Gasteiger partial charge in [-0.15, -0.1) is 0 Å². The molecule has 1 heteroatoms. The number of hydrogen-bond donors (Lipinski definition) is 0. The molecule has 0 aromatic rings. The molecule has 0 unspecified atom stereocenters. The van der Waals surface area contributed by atoms with Gasteiger partial charge in [-0.05, 0) is 23.7 Å². The van der Waals surface area contributed by atoms with Crippen LogP contribution >= 0.6 is 0 Å². The van der Waals surface area contributed by atoms with Crippen molar-refractivity contribution in [3.63, 3.8) is 0 Å². The molecule has 0 saturated heterocycles. The maximum Gasteiger partial charge on any atom is 0.0627 e. The van der Waals surface area contributed by atoms with Crippen LogP contribution in [-0.2, 0) is 0 Å². The number of nitrogens with zero attached hydrogens (tertiary/aromatic N) is 1. The molecule has 1 saturated carbocycles. The maximum absolute atomic E-state index is 8.90. The van der Waals surface area contributed by atoms with E-state index in [-0.39, 0.29) is 0 Å². The topological polar surface area (TPSA) is 23.8 Å². The van der Waals surface area contributed by atoms with Crippen molar-refractivity contribution < 1.29 is 0 Å². The van der Waals surface area contributed by atoms with Crippen LogP contribution in [0.25, 0.3) is 0 Å². The summed E-state index contributed by atoms with van der Waals surface area (Å²) >= 11 is 0. The molecule has 0 heterocycles. The summed E-state index contributed by atoms with van der Waals surface area (Å²) in [6.07, 6.45) is 7.26. The molecule has 0 bridgehead atoms. The van der Waals surface area contributed by atoms with Gasteiger partial charge in [0.15, 0.2) is 0 Å². The van der Waals surface area contributed by atoms with E-state index < -0.39 is 0 Å². The molecule has 0 N–H and O–H groups in total. The van der Waals surface area contributed by atoms with Gasteiger partial charge in [0.2, 0.25) is 0 Å². The molecular formula is C12H21N. The van der Waals surface area contributed by atoms with E-state index in [9.17, 15) is 0 Å². The van der Waals surface area contributed by atoms with Crippen LogP contribution in [-0.4, -0.2) is 0 Å². The first-order valence-electron chi connectivity index (χ1n) is 5.39. The lowest BCUT2D eigenvalue weighted by molar-refractivity contribution is 0.0440. The fraction of sp³-hybridized carbons (Fsp3) is 0.917. The van der Waals surface area contributed by atoms with Crippen molar-refractivity contribution >= 4 is 0 Å². The lowest BCUT2D eigenvalue weighted by Gasteiger charge is -2.46. The van der Waals surface area contributed by atoms with Crippen molar-refractivity contribution in [1.29, 1.82) is 5.26 Å². The Morgan fingerprint density at radius 1 is 1.15 bits per heavy atom. The van der Waals surface area contributed by atoms with Crippen molar-refractivity contribution in [3.8, 4) is 6.07 Å². The van der Waals surface area contributed by atoms with E-state index in [4.69, 9.17) is 5.26 Å². The minimum Gasteiger partial charge on any atom is -0.198 e. The van der Waals surface area contributed by atoms with E-state index in [2.05, 4.69) is 26.8 Å². The smallest absolute Gasteiger partial charge is 0.0627 e. The van der Waals surface area contributed by atoms with Gasteiger partial charge in [0.1, 0.15) is 0 Å². The molecule has 0 spiro atoms.